The van der Waals surface area contributed by atoms with Crippen LogP contribution in [0.3, 0.4) is 0 Å². The van der Waals surface area contributed by atoms with E-state index in [-0.39, 0.29) is 0 Å². The summed E-state index contributed by atoms with van der Waals surface area (Å²) in [4.78, 5) is 12.1. The first-order valence-corrected chi connectivity index (χ1v) is 10.2. The van der Waals surface area contributed by atoms with Crippen molar-refractivity contribution in [3.8, 4) is 5.75 Å². The van der Waals surface area contributed by atoms with Gasteiger partial charge in [0.1, 0.15) is 12.4 Å². The quantitative estimate of drug-likeness (QED) is 0.607. The van der Waals surface area contributed by atoms with E-state index in [2.05, 4.69) is 0 Å². The first kappa shape index (κ1) is 20.7. The molecule has 0 aliphatic carbocycles. The van der Waals surface area contributed by atoms with Crippen molar-refractivity contribution in [2.45, 2.75) is 13.8 Å². The van der Waals surface area contributed by atoms with Crippen molar-refractivity contribution in [2.75, 3.05) is 26.1 Å². The maximum atomic E-state index is 12.1. The Balaban J connectivity index is 2.16. The van der Waals surface area contributed by atoms with Gasteiger partial charge < -0.3 is 9.47 Å². The zero-order valence-corrected chi connectivity index (χ0v) is 16.4. The van der Waals surface area contributed by atoms with Crippen LogP contribution in [0.1, 0.15) is 23.7 Å². The molecule has 1 aromatic heterocycles. The van der Waals surface area contributed by atoms with E-state index < -0.39 is 15.7 Å². The summed E-state index contributed by atoms with van der Waals surface area (Å²) in [7, 11) is -3.83. The molecule has 0 aliphatic rings. The Morgan fingerprint density at radius 1 is 1.07 bits per heavy atom. The topological polar surface area (TPSA) is 83.8 Å². The molecular formula is C19H23NO6S. The molecule has 7 nitrogen and oxygen atoms in total. The molecule has 27 heavy (non-hydrogen) atoms. The van der Waals surface area contributed by atoms with Crippen LogP contribution in [0, 0.1) is 6.92 Å². The molecule has 8 heteroatoms. The van der Waals surface area contributed by atoms with E-state index in [1.165, 1.54) is 6.07 Å². The number of aryl methyl sites for hydroxylation is 1. The second-order valence-corrected chi connectivity index (χ2v) is 7.37. The summed E-state index contributed by atoms with van der Waals surface area (Å²) in [5.74, 6) is 0.722. The van der Waals surface area contributed by atoms with Crippen LogP contribution in [0.4, 0.5) is 0 Å². The number of benzene rings is 1. The Kier molecular flexibility index (Phi) is 7.20. The molecule has 146 valence electrons. The van der Waals surface area contributed by atoms with E-state index in [4.69, 9.17) is 13.8 Å². The first-order chi connectivity index (χ1) is 12.8. The van der Waals surface area contributed by atoms with Gasteiger partial charge in [0.05, 0.1) is 18.6 Å². The van der Waals surface area contributed by atoms with E-state index in [0.29, 0.717) is 31.1 Å². The SMILES string of the molecule is CCOCCOc1ccc(/C=C/c2cc(C)cc(=O)n2OS(C)(=O)=O)cc1. The zero-order chi connectivity index (χ0) is 19.9. The van der Waals surface area contributed by atoms with E-state index in [1.807, 2.05) is 31.2 Å². The van der Waals surface area contributed by atoms with Crippen molar-refractivity contribution in [1.82, 2.24) is 4.73 Å². The fraction of sp³-hybridized carbons (Fsp3) is 0.316. The molecule has 0 radical (unpaired) electrons. The van der Waals surface area contributed by atoms with Gasteiger partial charge in [-0.15, -0.1) is 4.73 Å². The minimum atomic E-state index is -3.83. The van der Waals surface area contributed by atoms with Gasteiger partial charge in [0.2, 0.25) is 0 Å². The number of hydrogen-bond donors (Lipinski definition) is 0. The van der Waals surface area contributed by atoms with E-state index in [1.54, 1.807) is 25.1 Å². The summed E-state index contributed by atoms with van der Waals surface area (Å²) in [5, 5.41) is 0. The number of ether oxygens (including phenoxy) is 2. The van der Waals surface area contributed by atoms with Crippen molar-refractivity contribution in [3.63, 3.8) is 0 Å². The molecule has 0 N–H and O–H groups in total. The predicted octanol–water partition coefficient (Wildman–Crippen LogP) is 2.13. The maximum absolute atomic E-state index is 12.1. The highest BCUT2D eigenvalue weighted by atomic mass is 32.2. The lowest BCUT2D eigenvalue weighted by Crippen LogP contribution is -2.31. The molecule has 0 saturated heterocycles. The van der Waals surface area contributed by atoms with Crippen molar-refractivity contribution >= 4 is 22.3 Å². The highest BCUT2D eigenvalue weighted by Gasteiger charge is 2.10. The summed E-state index contributed by atoms with van der Waals surface area (Å²) in [6, 6.07) is 10.3. The van der Waals surface area contributed by atoms with Gasteiger partial charge in [-0.25, -0.2) is 0 Å². The molecule has 2 rings (SSSR count). The molecule has 0 atom stereocenters. The molecule has 0 fully saturated rings. The van der Waals surface area contributed by atoms with Gasteiger partial charge >= 0.3 is 10.1 Å². The molecule has 0 unspecified atom stereocenters. The number of aromatic nitrogens is 1. The number of rotatable bonds is 9. The monoisotopic (exact) mass is 393 g/mol. The summed E-state index contributed by atoms with van der Waals surface area (Å²) in [5.41, 5.74) is 1.32. The second kappa shape index (κ2) is 9.38. The Morgan fingerprint density at radius 2 is 1.78 bits per heavy atom. The zero-order valence-electron chi connectivity index (χ0n) is 15.5. The Bertz CT molecular complexity index is 945. The lowest BCUT2D eigenvalue weighted by molar-refractivity contribution is 0.110. The minimum absolute atomic E-state index is 0.322. The molecule has 1 heterocycles. The third-order valence-corrected chi connectivity index (χ3v) is 3.82. The van der Waals surface area contributed by atoms with Crippen LogP contribution in [0.25, 0.3) is 12.2 Å². The maximum Gasteiger partial charge on any atom is 0.324 e. The Morgan fingerprint density at radius 3 is 2.41 bits per heavy atom. The van der Waals surface area contributed by atoms with Gasteiger partial charge in [0.15, 0.2) is 0 Å². The van der Waals surface area contributed by atoms with Crippen LogP contribution in [-0.2, 0) is 14.9 Å². The van der Waals surface area contributed by atoms with Crippen LogP contribution in [0.15, 0.2) is 41.2 Å². The van der Waals surface area contributed by atoms with Crippen molar-refractivity contribution in [2.24, 2.45) is 0 Å². The molecule has 2 aromatic rings. The normalized spacial score (nSPS) is 11.7. The molecule has 1 aromatic carbocycles. The number of nitrogens with zero attached hydrogens (tertiary/aromatic N) is 1. The van der Waals surface area contributed by atoms with Crippen LogP contribution in [-0.4, -0.2) is 39.2 Å². The molecular weight excluding hydrogens is 370 g/mol. The average Bonchev–Trinajstić information content (AvgIpc) is 2.59. The van der Waals surface area contributed by atoms with Crippen molar-refractivity contribution in [1.29, 1.82) is 0 Å². The van der Waals surface area contributed by atoms with E-state index >= 15 is 0 Å². The molecule has 0 spiro atoms. The fourth-order valence-electron chi connectivity index (χ4n) is 2.26. The first-order valence-electron chi connectivity index (χ1n) is 8.41. The van der Waals surface area contributed by atoms with Gasteiger partial charge in [-0.05, 0) is 49.2 Å². The van der Waals surface area contributed by atoms with Crippen molar-refractivity contribution in [3.05, 3.63) is 63.6 Å². The summed E-state index contributed by atoms with van der Waals surface area (Å²) < 4.78 is 39.1. The number of hydrogen-bond acceptors (Lipinski definition) is 6. The van der Waals surface area contributed by atoms with Crippen LogP contribution in [0.2, 0.25) is 0 Å². The van der Waals surface area contributed by atoms with Crippen LogP contribution >= 0.6 is 0 Å². The third-order valence-electron chi connectivity index (χ3n) is 3.40. The predicted molar refractivity (Wildman–Crippen MR) is 104 cm³/mol. The molecule has 0 aliphatic heterocycles. The average molecular weight is 393 g/mol. The highest BCUT2D eigenvalue weighted by molar-refractivity contribution is 7.86. The standard InChI is InChI=1S/C19H23NO6S/c1-4-24-11-12-25-18-9-6-16(7-10-18)5-8-17-13-15(2)14-19(21)20(17)26-27(3,22)23/h5-10,13-14H,4,11-12H2,1-3H3/b8-5+. The summed E-state index contributed by atoms with van der Waals surface area (Å²) in [6.07, 6.45) is 4.25. The largest absolute Gasteiger partial charge is 0.491 e. The van der Waals surface area contributed by atoms with Gasteiger partial charge in [-0.3, -0.25) is 9.08 Å². The summed E-state index contributed by atoms with van der Waals surface area (Å²) >= 11 is 0. The lowest BCUT2D eigenvalue weighted by atomic mass is 10.1. The van der Waals surface area contributed by atoms with Gasteiger partial charge in [0.25, 0.3) is 5.56 Å². The minimum Gasteiger partial charge on any atom is -0.491 e. The van der Waals surface area contributed by atoms with Gasteiger partial charge in [0, 0.05) is 12.7 Å². The molecule has 0 saturated carbocycles. The lowest BCUT2D eigenvalue weighted by Gasteiger charge is -2.10. The van der Waals surface area contributed by atoms with Crippen LogP contribution in [0.5, 0.6) is 5.75 Å². The van der Waals surface area contributed by atoms with Gasteiger partial charge in [-0.1, -0.05) is 18.2 Å². The third kappa shape index (κ3) is 6.92. The Labute approximate surface area is 158 Å². The highest BCUT2D eigenvalue weighted by Crippen LogP contribution is 2.14. The van der Waals surface area contributed by atoms with E-state index in [9.17, 15) is 13.2 Å². The summed E-state index contributed by atoms with van der Waals surface area (Å²) in [6.45, 7) is 5.33. The molecule has 0 bridgehead atoms. The van der Waals surface area contributed by atoms with E-state index in [0.717, 1.165) is 22.3 Å². The smallest absolute Gasteiger partial charge is 0.324 e. The van der Waals surface area contributed by atoms with Crippen LogP contribution < -0.4 is 14.6 Å². The Hall–Kier alpha value is -2.58. The van der Waals surface area contributed by atoms with Crippen molar-refractivity contribution < 1.29 is 22.2 Å². The van der Waals surface area contributed by atoms with Gasteiger partial charge in [-0.2, -0.15) is 8.42 Å². The molecule has 0 amide bonds. The fourth-order valence-corrected chi connectivity index (χ4v) is 2.70. The second-order valence-electron chi connectivity index (χ2n) is 5.82. The number of pyridine rings is 1.